The number of hydrogen-bond acceptors (Lipinski definition) is 3. The Morgan fingerprint density at radius 2 is 2.33 bits per heavy atom. The van der Waals surface area contributed by atoms with Gasteiger partial charge in [-0.1, -0.05) is 12.2 Å². The molecule has 0 aromatic heterocycles. The van der Waals surface area contributed by atoms with E-state index >= 15 is 0 Å². The molecular weight excluding hydrogens is 154 g/mol. The Balaban J connectivity index is 2.96. The summed E-state index contributed by atoms with van der Waals surface area (Å²) >= 11 is 0. The van der Waals surface area contributed by atoms with Crippen molar-refractivity contribution in [1.29, 1.82) is 0 Å². The molecule has 0 saturated carbocycles. The first-order valence-electron chi connectivity index (χ1n) is 4.24. The van der Waals surface area contributed by atoms with Gasteiger partial charge in [0.05, 0.1) is 19.3 Å². The normalized spacial score (nSPS) is 12.9. The molecule has 3 nitrogen and oxygen atoms in total. The molecule has 12 heavy (non-hydrogen) atoms. The van der Waals surface area contributed by atoms with Gasteiger partial charge in [-0.25, -0.2) is 0 Å². The second kappa shape index (κ2) is 7.28. The van der Waals surface area contributed by atoms with Crippen molar-refractivity contribution in [3.8, 4) is 0 Å². The van der Waals surface area contributed by atoms with Crippen LogP contribution in [0.15, 0.2) is 12.2 Å². The van der Waals surface area contributed by atoms with Gasteiger partial charge in [-0.3, -0.25) is 0 Å². The average Bonchev–Trinajstić information content (AvgIpc) is 1.95. The Labute approximate surface area is 74.4 Å². The fraction of sp³-hybridized carbons (Fsp3) is 0.778. The van der Waals surface area contributed by atoms with E-state index in [1.54, 1.807) is 6.92 Å². The second-order valence-electron chi connectivity index (χ2n) is 3.06. The number of aliphatic hydroxyl groups excluding tert-OH is 1. The summed E-state index contributed by atoms with van der Waals surface area (Å²) in [6, 6.07) is 0. The van der Waals surface area contributed by atoms with Gasteiger partial charge in [0.15, 0.2) is 0 Å². The fourth-order valence-electron chi connectivity index (χ4n) is 0.702. The third kappa shape index (κ3) is 9.62. The Morgan fingerprint density at radius 3 is 2.83 bits per heavy atom. The Morgan fingerprint density at radius 1 is 1.67 bits per heavy atom. The molecule has 0 unspecified atom stereocenters. The van der Waals surface area contributed by atoms with Crippen molar-refractivity contribution in [3.63, 3.8) is 0 Å². The summed E-state index contributed by atoms with van der Waals surface area (Å²) in [5, 5.41) is 11.9. The van der Waals surface area contributed by atoms with Crippen LogP contribution in [0.25, 0.3) is 0 Å². The van der Waals surface area contributed by atoms with Crippen LogP contribution in [0.5, 0.6) is 0 Å². The zero-order chi connectivity index (χ0) is 9.40. The van der Waals surface area contributed by atoms with E-state index in [9.17, 15) is 0 Å². The maximum atomic E-state index is 8.88. The molecule has 0 fully saturated rings. The highest BCUT2D eigenvalue weighted by Gasteiger charge is 1.93. The van der Waals surface area contributed by atoms with Crippen molar-refractivity contribution in [2.45, 2.75) is 20.0 Å². The van der Waals surface area contributed by atoms with Crippen LogP contribution in [0.2, 0.25) is 0 Å². The van der Waals surface area contributed by atoms with Crippen molar-refractivity contribution >= 4 is 0 Å². The number of aliphatic hydroxyl groups is 1. The summed E-state index contributed by atoms with van der Waals surface area (Å²) in [4.78, 5) is 0. The fourth-order valence-corrected chi connectivity index (χ4v) is 0.702. The van der Waals surface area contributed by atoms with E-state index < -0.39 is 0 Å². The molecule has 0 aromatic rings. The van der Waals surface area contributed by atoms with Crippen LogP contribution >= 0.6 is 0 Å². The van der Waals surface area contributed by atoms with Crippen molar-refractivity contribution < 1.29 is 9.84 Å². The van der Waals surface area contributed by atoms with Crippen LogP contribution in [0.3, 0.4) is 0 Å². The molecule has 0 amide bonds. The van der Waals surface area contributed by atoms with Gasteiger partial charge in [-0.05, 0) is 13.8 Å². The van der Waals surface area contributed by atoms with Gasteiger partial charge in [0.25, 0.3) is 0 Å². The summed E-state index contributed by atoms with van der Waals surface area (Å²) in [5.41, 5.74) is 1.03. The lowest BCUT2D eigenvalue weighted by Crippen LogP contribution is -2.27. The lowest BCUT2D eigenvalue weighted by Gasteiger charge is -2.07. The maximum absolute atomic E-state index is 8.88. The Hall–Kier alpha value is -0.380. The minimum Gasteiger partial charge on any atom is -0.392 e. The summed E-state index contributed by atoms with van der Waals surface area (Å²) in [6.45, 7) is 10.1. The Bertz CT molecular complexity index is 124. The van der Waals surface area contributed by atoms with Crippen molar-refractivity contribution in [1.82, 2.24) is 5.32 Å². The van der Waals surface area contributed by atoms with Crippen LogP contribution in [0.4, 0.5) is 0 Å². The molecule has 0 bridgehead atoms. The van der Waals surface area contributed by atoms with Gasteiger partial charge >= 0.3 is 0 Å². The zero-order valence-electron chi connectivity index (χ0n) is 7.97. The van der Waals surface area contributed by atoms with E-state index in [-0.39, 0.29) is 6.10 Å². The number of ether oxygens (including phenoxy) is 1. The van der Waals surface area contributed by atoms with Crippen LogP contribution < -0.4 is 5.32 Å². The lowest BCUT2D eigenvalue weighted by molar-refractivity contribution is 0.148. The molecular formula is C9H19NO2. The van der Waals surface area contributed by atoms with E-state index in [0.717, 1.165) is 12.1 Å². The molecule has 0 aliphatic carbocycles. The monoisotopic (exact) mass is 173 g/mol. The third-order valence-electron chi connectivity index (χ3n) is 1.21. The number of rotatable bonds is 7. The molecule has 0 aliphatic heterocycles. The summed E-state index contributed by atoms with van der Waals surface area (Å²) in [7, 11) is 0. The molecule has 0 radical (unpaired) electrons. The first-order chi connectivity index (χ1) is 5.63. The van der Waals surface area contributed by atoms with Crippen LogP contribution in [0, 0.1) is 0 Å². The van der Waals surface area contributed by atoms with Crippen LogP contribution in [-0.4, -0.2) is 37.5 Å². The van der Waals surface area contributed by atoms with Crippen molar-refractivity contribution in [3.05, 3.63) is 12.2 Å². The van der Waals surface area contributed by atoms with Crippen molar-refractivity contribution in [2.75, 3.05) is 26.3 Å². The number of hydrogen-bond donors (Lipinski definition) is 2. The van der Waals surface area contributed by atoms with Crippen LogP contribution in [0.1, 0.15) is 13.8 Å². The highest BCUT2D eigenvalue weighted by Crippen LogP contribution is 1.86. The van der Waals surface area contributed by atoms with Gasteiger partial charge in [0, 0.05) is 13.1 Å². The predicted molar refractivity (Wildman–Crippen MR) is 50.2 cm³/mol. The molecule has 0 aromatic carbocycles. The summed E-state index contributed by atoms with van der Waals surface area (Å²) in [5.74, 6) is 0. The topological polar surface area (TPSA) is 41.5 Å². The minimum absolute atomic E-state index is 0.286. The van der Waals surface area contributed by atoms with Crippen molar-refractivity contribution in [2.24, 2.45) is 0 Å². The van der Waals surface area contributed by atoms with E-state index in [2.05, 4.69) is 11.9 Å². The lowest BCUT2D eigenvalue weighted by atomic mass is 10.4. The predicted octanol–water partition coefficient (Wildman–Crippen LogP) is 0.549. The molecule has 3 heteroatoms. The van der Waals surface area contributed by atoms with E-state index in [4.69, 9.17) is 9.84 Å². The van der Waals surface area contributed by atoms with E-state index in [0.29, 0.717) is 19.8 Å². The van der Waals surface area contributed by atoms with Gasteiger partial charge in [-0.15, -0.1) is 0 Å². The molecule has 0 heterocycles. The van der Waals surface area contributed by atoms with E-state index in [1.165, 1.54) is 0 Å². The molecule has 2 N–H and O–H groups in total. The van der Waals surface area contributed by atoms with Gasteiger partial charge in [-0.2, -0.15) is 0 Å². The number of nitrogens with one attached hydrogen (secondary N) is 1. The molecule has 0 spiro atoms. The van der Waals surface area contributed by atoms with E-state index in [1.807, 2.05) is 6.92 Å². The zero-order valence-corrected chi connectivity index (χ0v) is 7.97. The molecule has 72 valence electrons. The second-order valence-corrected chi connectivity index (χ2v) is 3.06. The van der Waals surface area contributed by atoms with Gasteiger partial charge < -0.3 is 15.2 Å². The quantitative estimate of drug-likeness (QED) is 0.436. The first-order valence-corrected chi connectivity index (χ1v) is 4.24. The average molecular weight is 173 g/mol. The molecule has 0 aliphatic rings. The Kier molecular flexibility index (Phi) is 7.05. The maximum Gasteiger partial charge on any atom is 0.0672 e. The largest absolute Gasteiger partial charge is 0.392 e. The summed E-state index contributed by atoms with van der Waals surface area (Å²) < 4.78 is 5.23. The summed E-state index contributed by atoms with van der Waals surface area (Å²) in [6.07, 6.45) is -0.286. The smallest absolute Gasteiger partial charge is 0.0672 e. The van der Waals surface area contributed by atoms with Crippen LogP contribution in [-0.2, 0) is 4.74 Å². The highest BCUT2D eigenvalue weighted by molar-refractivity contribution is 4.87. The van der Waals surface area contributed by atoms with Gasteiger partial charge in [0.2, 0.25) is 0 Å². The third-order valence-corrected chi connectivity index (χ3v) is 1.21. The highest BCUT2D eigenvalue weighted by atomic mass is 16.5. The molecule has 0 saturated heterocycles. The molecule has 1 atom stereocenters. The first kappa shape index (κ1) is 11.6. The minimum atomic E-state index is -0.286. The SMILES string of the molecule is C=C(C)COCCNC[C@@H](C)O. The van der Waals surface area contributed by atoms with Gasteiger partial charge in [0.1, 0.15) is 0 Å². The molecule has 0 rings (SSSR count). The standard InChI is InChI=1S/C9H19NO2/c1-8(2)7-12-5-4-10-6-9(3)11/h9-11H,1,4-7H2,2-3H3/t9-/m1/s1.